The van der Waals surface area contributed by atoms with E-state index in [4.69, 9.17) is 0 Å². The van der Waals surface area contributed by atoms with Gasteiger partial charge in [-0.3, -0.25) is 9.59 Å². The molecule has 0 bridgehead atoms. The van der Waals surface area contributed by atoms with E-state index >= 15 is 0 Å². The molecule has 1 fully saturated rings. The minimum Gasteiger partial charge on any atom is -0.507 e. The number of aromatic hydroxyl groups is 1. The molecule has 1 heterocycles. The molecule has 1 amide bonds. The van der Waals surface area contributed by atoms with Crippen LogP contribution in [0.2, 0.25) is 0 Å². The van der Waals surface area contributed by atoms with Crippen LogP contribution in [-0.4, -0.2) is 21.6 Å². The molecule has 1 aliphatic carbocycles. The van der Waals surface area contributed by atoms with Gasteiger partial charge in [0.25, 0.3) is 11.5 Å². The molecule has 8 heteroatoms. The zero-order chi connectivity index (χ0) is 20.3. The van der Waals surface area contributed by atoms with Gasteiger partial charge in [-0.05, 0) is 24.5 Å². The SMILES string of the molecule is O=C(NC1CCCCC1)c1cn(Cc2ccccc2C(F)(F)F)c(=O)cc1O. The summed E-state index contributed by atoms with van der Waals surface area (Å²) in [6.07, 6.45) is 1.36. The first kappa shape index (κ1) is 20.0. The first-order valence-corrected chi connectivity index (χ1v) is 9.15. The smallest absolute Gasteiger partial charge is 0.416 e. The van der Waals surface area contributed by atoms with Crippen molar-refractivity contribution < 1.29 is 23.1 Å². The van der Waals surface area contributed by atoms with Crippen LogP contribution >= 0.6 is 0 Å². The van der Waals surface area contributed by atoms with Gasteiger partial charge in [0.15, 0.2) is 0 Å². The number of halogens is 3. The molecule has 5 nitrogen and oxygen atoms in total. The molecule has 0 atom stereocenters. The fourth-order valence-electron chi connectivity index (χ4n) is 3.49. The Labute approximate surface area is 159 Å². The van der Waals surface area contributed by atoms with Crippen LogP contribution < -0.4 is 10.9 Å². The van der Waals surface area contributed by atoms with Crippen LogP contribution in [0.15, 0.2) is 41.3 Å². The predicted octanol–water partition coefficient (Wildman–Crippen LogP) is 3.68. The van der Waals surface area contributed by atoms with Gasteiger partial charge in [-0.25, -0.2) is 0 Å². The molecule has 2 N–H and O–H groups in total. The maximum atomic E-state index is 13.2. The van der Waals surface area contributed by atoms with Gasteiger partial charge in [0.05, 0.1) is 17.7 Å². The molecule has 1 aromatic carbocycles. The van der Waals surface area contributed by atoms with Crippen molar-refractivity contribution in [2.45, 2.75) is 50.9 Å². The number of aromatic nitrogens is 1. The molecular weight excluding hydrogens is 373 g/mol. The van der Waals surface area contributed by atoms with Crippen molar-refractivity contribution in [2.75, 3.05) is 0 Å². The fourth-order valence-corrected chi connectivity index (χ4v) is 3.49. The zero-order valence-corrected chi connectivity index (χ0v) is 15.1. The standard InChI is InChI=1S/C20H21F3N2O3/c21-20(22,23)16-9-5-4-6-13(16)11-25-12-15(17(26)10-18(25)27)19(28)24-14-7-2-1-3-8-14/h4-6,9-10,12,14,26H,1-3,7-8,11H2,(H,24,28). The molecule has 0 unspecified atom stereocenters. The summed E-state index contributed by atoms with van der Waals surface area (Å²) < 4.78 is 40.6. The molecule has 150 valence electrons. The van der Waals surface area contributed by atoms with Crippen LogP contribution in [0, 0.1) is 0 Å². The van der Waals surface area contributed by atoms with E-state index in [2.05, 4.69) is 5.32 Å². The van der Waals surface area contributed by atoms with Gasteiger partial charge >= 0.3 is 6.18 Å². The Morgan fingerprint density at radius 3 is 2.54 bits per heavy atom. The Kier molecular flexibility index (Phi) is 5.76. The molecular formula is C20H21F3N2O3. The summed E-state index contributed by atoms with van der Waals surface area (Å²) in [5, 5.41) is 12.8. The molecule has 28 heavy (non-hydrogen) atoms. The van der Waals surface area contributed by atoms with Crippen LogP contribution in [0.5, 0.6) is 5.75 Å². The second-order valence-electron chi connectivity index (χ2n) is 7.00. The molecule has 1 saturated carbocycles. The summed E-state index contributed by atoms with van der Waals surface area (Å²) >= 11 is 0. The first-order chi connectivity index (χ1) is 13.3. The van der Waals surface area contributed by atoms with E-state index in [1.807, 2.05) is 0 Å². The number of benzene rings is 1. The lowest BCUT2D eigenvalue weighted by Gasteiger charge is -2.23. The highest BCUT2D eigenvalue weighted by Crippen LogP contribution is 2.32. The predicted molar refractivity (Wildman–Crippen MR) is 97.3 cm³/mol. The largest absolute Gasteiger partial charge is 0.507 e. The minimum absolute atomic E-state index is 0.00742. The van der Waals surface area contributed by atoms with Crippen molar-refractivity contribution in [2.24, 2.45) is 0 Å². The summed E-state index contributed by atoms with van der Waals surface area (Å²) in [6.45, 7) is -0.363. The molecule has 1 aliphatic rings. The highest BCUT2D eigenvalue weighted by atomic mass is 19.4. The lowest BCUT2D eigenvalue weighted by atomic mass is 9.95. The van der Waals surface area contributed by atoms with Crippen molar-refractivity contribution in [3.63, 3.8) is 0 Å². The number of hydrogen-bond donors (Lipinski definition) is 2. The Morgan fingerprint density at radius 2 is 1.86 bits per heavy atom. The summed E-state index contributed by atoms with van der Waals surface area (Å²) in [6, 6.07) is 5.79. The monoisotopic (exact) mass is 394 g/mol. The van der Waals surface area contributed by atoms with Gasteiger partial charge < -0.3 is 15.0 Å². The number of hydrogen-bond acceptors (Lipinski definition) is 3. The number of nitrogens with zero attached hydrogens (tertiary/aromatic N) is 1. The summed E-state index contributed by atoms with van der Waals surface area (Å²) in [5.41, 5.74) is -1.76. The molecule has 0 spiro atoms. The number of rotatable bonds is 4. The van der Waals surface area contributed by atoms with Crippen molar-refractivity contribution in [1.82, 2.24) is 9.88 Å². The zero-order valence-electron chi connectivity index (χ0n) is 15.1. The Balaban J connectivity index is 1.88. The Hall–Kier alpha value is -2.77. The number of carbonyl (C=O) groups is 1. The Morgan fingerprint density at radius 1 is 1.18 bits per heavy atom. The maximum Gasteiger partial charge on any atom is 0.416 e. The van der Waals surface area contributed by atoms with E-state index in [9.17, 15) is 27.9 Å². The molecule has 0 saturated heterocycles. The van der Waals surface area contributed by atoms with Crippen LogP contribution in [0.1, 0.15) is 53.6 Å². The van der Waals surface area contributed by atoms with E-state index < -0.39 is 29.0 Å². The van der Waals surface area contributed by atoms with Gasteiger partial charge in [0.1, 0.15) is 5.75 Å². The van der Waals surface area contributed by atoms with Gasteiger partial charge in [-0.2, -0.15) is 13.2 Å². The summed E-state index contributed by atoms with van der Waals surface area (Å²) in [7, 11) is 0. The van der Waals surface area contributed by atoms with Crippen LogP contribution in [-0.2, 0) is 12.7 Å². The maximum absolute atomic E-state index is 13.2. The normalized spacial score (nSPS) is 15.4. The van der Waals surface area contributed by atoms with Crippen molar-refractivity contribution in [3.05, 3.63) is 63.6 Å². The first-order valence-electron chi connectivity index (χ1n) is 9.15. The lowest BCUT2D eigenvalue weighted by Crippen LogP contribution is -2.37. The topological polar surface area (TPSA) is 71.3 Å². The van der Waals surface area contributed by atoms with E-state index in [0.29, 0.717) is 0 Å². The second-order valence-corrected chi connectivity index (χ2v) is 7.00. The molecule has 2 aromatic rings. The van der Waals surface area contributed by atoms with Crippen molar-refractivity contribution in [1.29, 1.82) is 0 Å². The van der Waals surface area contributed by atoms with E-state index in [0.717, 1.165) is 55.0 Å². The molecule has 0 radical (unpaired) electrons. The van der Waals surface area contributed by atoms with Gasteiger partial charge in [-0.1, -0.05) is 37.5 Å². The van der Waals surface area contributed by atoms with E-state index in [1.165, 1.54) is 18.2 Å². The average molecular weight is 394 g/mol. The second kappa shape index (κ2) is 8.08. The average Bonchev–Trinajstić information content (AvgIpc) is 2.64. The third kappa shape index (κ3) is 4.55. The van der Waals surface area contributed by atoms with Gasteiger partial charge in [-0.15, -0.1) is 0 Å². The van der Waals surface area contributed by atoms with E-state index in [1.54, 1.807) is 0 Å². The number of pyridine rings is 1. The summed E-state index contributed by atoms with van der Waals surface area (Å²) in [5.74, 6) is -1.03. The molecule has 1 aromatic heterocycles. The third-order valence-corrected chi connectivity index (χ3v) is 4.95. The fraction of sp³-hybridized carbons (Fsp3) is 0.400. The van der Waals surface area contributed by atoms with Crippen LogP contribution in [0.25, 0.3) is 0 Å². The van der Waals surface area contributed by atoms with Gasteiger partial charge in [0.2, 0.25) is 0 Å². The highest BCUT2D eigenvalue weighted by Gasteiger charge is 2.33. The molecule has 3 rings (SSSR count). The van der Waals surface area contributed by atoms with Crippen LogP contribution in [0.4, 0.5) is 13.2 Å². The number of nitrogens with one attached hydrogen (secondary N) is 1. The minimum atomic E-state index is -4.56. The quantitative estimate of drug-likeness (QED) is 0.831. The highest BCUT2D eigenvalue weighted by molar-refractivity contribution is 5.96. The van der Waals surface area contributed by atoms with E-state index in [-0.39, 0.29) is 23.7 Å². The number of carbonyl (C=O) groups excluding carboxylic acids is 1. The Bertz CT molecular complexity index is 916. The van der Waals surface area contributed by atoms with Crippen molar-refractivity contribution in [3.8, 4) is 5.75 Å². The molecule has 0 aliphatic heterocycles. The number of amides is 1. The summed E-state index contributed by atoms with van der Waals surface area (Å²) in [4.78, 5) is 24.7. The third-order valence-electron chi connectivity index (χ3n) is 4.95. The lowest BCUT2D eigenvalue weighted by molar-refractivity contribution is -0.138. The van der Waals surface area contributed by atoms with Crippen molar-refractivity contribution >= 4 is 5.91 Å². The number of alkyl halides is 3. The van der Waals surface area contributed by atoms with Crippen LogP contribution in [0.3, 0.4) is 0 Å². The van der Waals surface area contributed by atoms with Gasteiger partial charge in [0, 0.05) is 18.3 Å².